The molecule has 0 heterocycles. The van der Waals surface area contributed by atoms with Gasteiger partial charge in [-0.1, -0.05) is 12.1 Å². The monoisotopic (exact) mass is 244 g/mol. The van der Waals surface area contributed by atoms with E-state index in [0.29, 0.717) is 6.61 Å². The molecule has 1 unspecified atom stereocenters. The summed E-state index contributed by atoms with van der Waals surface area (Å²) in [7, 11) is 1.68. The Hall–Kier alpha value is -0.770. The van der Waals surface area contributed by atoms with E-state index in [4.69, 9.17) is 26.2 Å². The Kier molecular flexibility index (Phi) is 6.23. The Morgan fingerprint density at radius 2 is 2.00 bits per heavy atom. The van der Waals surface area contributed by atoms with Gasteiger partial charge in [-0.05, 0) is 24.1 Å². The highest BCUT2D eigenvalue weighted by atomic mass is 35.5. The molecule has 90 valence electrons. The van der Waals surface area contributed by atoms with E-state index in [2.05, 4.69) is 0 Å². The summed E-state index contributed by atoms with van der Waals surface area (Å²) >= 11 is 5.62. The molecule has 4 heteroatoms. The molecule has 0 bridgehead atoms. The van der Waals surface area contributed by atoms with Crippen molar-refractivity contribution in [2.24, 2.45) is 0 Å². The second kappa shape index (κ2) is 7.49. The fourth-order valence-corrected chi connectivity index (χ4v) is 1.43. The zero-order chi connectivity index (χ0) is 11.8. The predicted octanol–water partition coefficient (Wildman–Crippen LogP) is 1.85. The molecule has 0 aliphatic heterocycles. The summed E-state index contributed by atoms with van der Waals surface area (Å²) in [4.78, 5) is 0. The van der Waals surface area contributed by atoms with Gasteiger partial charge in [0.1, 0.15) is 11.9 Å². The van der Waals surface area contributed by atoms with E-state index >= 15 is 0 Å². The van der Waals surface area contributed by atoms with Crippen LogP contribution in [0.2, 0.25) is 0 Å². The number of hydrogen-bond acceptors (Lipinski definition) is 3. The van der Waals surface area contributed by atoms with Crippen molar-refractivity contribution in [3.63, 3.8) is 0 Å². The lowest BCUT2D eigenvalue weighted by Gasteiger charge is -2.14. The molecule has 0 aromatic heterocycles. The molecule has 0 aliphatic carbocycles. The summed E-state index contributed by atoms with van der Waals surface area (Å²) in [6, 6.07) is 7.72. The Morgan fingerprint density at radius 3 is 2.50 bits per heavy atom. The molecule has 1 aromatic rings. The molecular formula is C12H17ClO3. The minimum atomic E-state index is -0.341. The van der Waals surface area contributed by atoms with Crippen molar-refractivity contribution < 1.29 is 14.6 Å². The molecule has 1 atom stereocenters. The van der Waals surface area contributed by atoms with Gasteiger partial charge in [-0.2, -0.15) is 0 Å². The topological polar surface area (TPSA) is 38.7 Å². The van der Waals surface area contributed by atoms with E-state index in [-0.39, 0.29) is 18.6 Å². The maximum Gasteiger partial charge on any atom is 0.135 e. The molecular weight excluding hydrogens is 228 g/mol. The maximum atomic E-state index is 8.93. The first-order valence-corrected chi connectivity index (χ1v) is 5.75. The molecule has 3 nitrogen and oxygen atoms in total. The zero-order valence-electron chi connectivity index (χ0n) is 9.36. The van der Waals surface area contributed by atoms with Crippen molar-refractivity contribution in [1.82, 2.24) is 0 Å². The molecule has 1 N–H and O–H groups in total. The van der Waals surface area contributed by atoms with E-state index in [1.165, 1.54) is 5.56 Å². The van der Waals surface area contributed by atoms with Crippen molar-refractivity contribution >= 4 is 11.6 Å². The summed E-state index contributed by atoms with van der Waals surface area (Å²) in [5.41, 5.74) is 1.20. The van der Waals surface area contributed by atoms with Crippen molar-refractivity contribution in [1.29, 1.82) is 0 Å². The molecule has 0 fully saturated rings. The minimum Gasteiger partial charge on any atom is -0.487 e. The van der Waals surface area contributed by atoms with Gasteiger partial charge < -0.3 is 14.6 Å². The number of benzene rings is 1. The van der Waals surface area contributed by atoms with E-state index in [9.17, 15) is 0 Å². The van der Waals surface area contributed by atoms with Gasteiger partial charge >= 0.3 is 0 Å². The second-order valence-corrected chi connectivity index (χ2v) is 3.77. The number of methoxy groups -OCH3 is 1. The smallest absolute Gasteiger partial charge is 0.135 e. The first kappa shape index (κ1) is 13.3. The summed E-state index contributed by atoms with van der Waals surface area (Å²) in [6.07, 6.45) is 0.543. The van der Waals surface area contributed by atoms with Crippen LogP contribution in [0.1, 0.15) is 5.56 Å². The normalized spacial score (nSPS) is 12.4. The Bertz CT molecular complexity index is 283. The van der Waals surface area contributed by atoms with Gasteiger partial charge in [0.25, 0.3) is 0 Å². The van der Waals surface area contributed by atoms with Gasteiger partial charge in [-0.15, -0.1) is 11.6 Å². The van der Waals surface area contributed by atoms with E-state index in [1.807, 2.05) is 24.3 Å². The minimum absolute atomic E-state index is 0.0745. The number of aliphatic hydroxyl groups is 1. The van der Waals surface area contributed by atoms with Crippen LogP contribution in [-0.2, 0) is 11.2 Å². The molecule has 1 aromatic carbocycles. The third-order valence-corrected chi connectivity index (χ3v) is 2.54. The largest absolute Gasteiger partial charge is 0.487 e. The lowest BCUT2D eigenvalue weighted by molar-refractivity contribution is 0.132. The van der Waals surface area contributed by atoms with Crippen LogP contribution in [0.3, 0.4) is 0 Å². The number of alkyl halides is 1. The van der Waals surface area contributed by atoms with Crippen LogP contribution in [0.5, 0.6) is 5.75 Å². The summed E-state index contributed by atoms with van der Waals surface area (Å²) in [6.45, 7) is 0.635. The number of ether oxygens (including phenoxy) is 2. The van der Waals surface area contributed by atoms with E-state index in [0.717, 1.165) is 12.2 Å². The molecule has 0 amide bonds. The van der Waals surface area contributed by atoms with Crippen LogP contribution >= 0.6 is 11.6 Å². The Labute approximate surface area is 101 Å². The van der Waals surface area contributed by atoms with Crippen molar-refractivity contribution in [3.8, 4) is 5.75 Å². The van der Waals surface area contributed by atoms with Crippen LogP contribution in [0.15, 0.2) is 24.3 Å². The van der Waals surface area contributed by atoms with Gasteiger partial charge in [0.2, 0.25) is 0 Å². The van der Waals surface area contributed by atoms with Gasteiger partial charge in [0, 0.05) is 7.11 Å². The van der Waals surface area contributed by atoms with Gasteiger partial charge in [0.05, 0.1) is 19.1 Å². The van der Waals surface area contributed by atoms with Crippen LogP contribution in [0.25, 0.3) is 0 Å². The van der Waals surface area contributed by atoms with Gasteiger partial charge in [0.15, 0.2) is 0 Å². The van der Waals surface area contributed by atoms with Gasteiger partial charge in [-0.25, -0.2) is 0 Å². The average Bonchev–Trinajstić information content (AvgIpc) is 2.35. The summed E-state index contributed by atoms with van der Waals surface area (Å²) in [5, 5.41) is 8.93. The molecule has 0 saturated heterocycles. The van der Waals surface area contributed by atoms with Crippen LogP contribution < -0.4 is 4.74 Å². The first-order chi connectivity index (χ1) is 7.80. The summed E-state index contributed by atoms with van der Waals surface area (Å²) < 4.78 is 10.5. The number of hydrogen-bond donors (Lipinski definition) is 1. The standard InChI is InChI=1S/C12H17ClO3/c1-15-7-6-10-2-4-11(5-3-10)16-12(8-13)9-14/h2-5,12,14H,6-9H2,1H3. The highest BCUT2D eigenvalue weighted by Gasteiger charge is 2.06. The first-order valence-electron chi connectivity index (χ1n) is 5.21. The van der Waals surface area contributed by atoms with E-state index in [1.54, 1.807) is 7.11 Å². The Balaban J connectivity index is 2.50. The van der Waals surface area contributed by atoms with Crippen molar-refractivity contribution in [3.05, 3.63) is 29.8 Å². The highest BCUT2D eigenvalue weighted by Crippen LogP contribution is 2.14. The predicted molar refractivity (Wildman–Crippen MR) is 64.2 cm³/mol. The molecule has 0 spiro atoms. The van der Waals surface area contributed by atoms with Crippen LogP contribution in [-0.4, -0.2) is 37.4 Å². The lowest BCUT2D eigenvalue weighted by atomic mass is 10.1. The maximum absolute atomic E-state index is 8.93. The van der Waals surface area contributed by atoms with E-state index < -0.39 is 0 Å². The Morgan fingerprint density at radius 1 is 1.31 bits per heavy atom. The van der Waals surface area contributed by atoms with Gasteiger partial charge in [-0.3, -0.25) is 0 Å². The zero-order valence-corrected chi connectivity index (χ0v) is 10.1. The van der Waals surface area contributed by atoms with Crippen LogP contribution in [0, 0.1) is 0 Å². The quantitative estimate of drug-likeness (QED) is 0.744. The summed E-state index contributed by atoms with van der Waals surface area (Å²) in [5.74, 6) is 1.00. The molecule has 0 aliphatic rings. The molecule has 0 radical (unpaired) electrons. The van der Waals surface area contributed by atoms with Crippen LogP contribution in [0.4, 0.5) is 0 Å². The fourth-order valence-electron chi connectivity index (χ4n) is 1.26. The third-order valence-electron chi connectivity index (χ3n) is 2.20. The number of rotatable bonds is 7. The number of aliphatic hydroxyl groups excluding tert-OH is 1. The molecule has 0 saturated carbocycles. The highest BCUT2D eigenvalue weighted by molar-refractivity contribution is 6.18. The van der Waals surface area contributed by atoms with Crippen molar-refractivity contribution in [2.75, 3.05) is 26.2 Å². The lowest BCUT2D eigenvalue weighted by Crippen LogP contribution is -2.22. The second-order valence-electron chi connectivity index (χ2n) is 3.46. The molecule has 1 rings (SSSR count). The SMILES string of the molecule is COCCc1ccc(OC(CO)CCl)cc1. The number of halogens is 1. The van der Waals surface area contributed by atoms with Crippen molar-refractivity contribution in [2.45, 2.75) is 12.5 Å². The molecule has 16 heavy (non-hydrogen) atoms. The average molecular weight is 245 g/mol. The fraction of sp³-hybridized carbons (Fsp3) is 0.500. The third kappa shape index (κ3) is 4.39.